The minimum atomic E-state index is -0.575. The molecule has 0 aromatic heterocycles. The van der Waals surface area contributed by atoms with Crippen LogP contribution in [0, 0.1) is 49.2 Å². The normalized spacial score (nSPS) is 41.7. The standard InChI is InChI=1S/C12H21NO.C10H16O2.C5H6.C4H9.CH4.ClH.Mg/c1-9(14)13-8-11-5-12(6-11,7-11)10(2,3)4;1-8(2,3)10-4-9(5-10,6-10)7(11)12;1-4-2-5(1,4)3-4;1-4(2)3;;;/h5-8H2,1-4H3,(H,13,14);4-6H2,1-3H3,(H,11,12);1-3H2;1-3H3;1H4;1H;/q;;;-1;;;+2/p-1. The van der Waals surface area contributed by atoms with Gasteiger partial charge in [-0.15, -0.1) is 0 Å². The van der Waals surface area contributed by atoms with Crippen molar-refractivity contribution >= 4 is 34.9 Å². The summed E-state index contributed by atoms with van der Waals surface area (Å²) in [4.78, 5) is 21.6. The molecule has 9 aliphatic carbocycles. The zero-order valence-corrected chi connectivity index (χ0v) is 27.6. The second kappa shape index (κ2) is 10.4. The molecule has 0 aliphatic heterocycles. The minimum absolute atomic E-state index is 0. The maximum absolute atomic E-state index is 10.8. The third-order valence-electron chi connectivity index (χ3n) is 11.3. The molecule has 0 unspecified atom stereocenters. The number of rotatable bonds is 3. The largest absolute Gasteiger partial charge is 2.00 e. The predicted molar refractivity (Wildman–Crippen MR) is 154 cm³/mol. The van der Waals surface area contributed by atoms with Crippen LogP contribution >= 0.6 is 0 Å². The molecule has 9 rings (SSSR count). The van der Waals surface area contributed by atoms with E-state index in [0.29, 0.717) is 27.1 Å². The van der Waals surface area contributed by atoms with Crippen LogP contribution in [0.25, 0.3) is 0 Å². The van der Waals surface area contributed by atoms with Gasteiger partial charge in [0, 0.05) is 13.5 Å². The van der Waals surface area contributed by atoms with Gasteiger partial charge in [0.05, 0.1) is 5.41 Å². The molecule has 9 saturated carbocycles. The summed E-state index contributed by atoms with van der Waals surface area (Å²) in [6.45, 7) is 22.4. The minimum Gasteiger partial charge on any atom is -1.00 e. The maximum Gasteiger partial charge on any atom is 2.00 e. The first kappa shape index (κ1) is 36.0. The second-order valence-electron chi connectivity index (χ2n) is 16.7. The van der Waals surface area contributed by atoms with Crippen LogP contribution in [0.3, 0.4) is 0 Å². The van der Waals surface area contributed by atoms with Gasteiger partial charge in [-0.25, -0.2) is 0 Å². The van der Waals surface area contributed by atoms with Gasteiger partial charge in [-0.05, 0) is 95.7 Å². The molecule has 0 aromatic carbocycles. The monoisotopic (exact) mass is 561 g/mol. The molecule has 9 aliphatic rings. The number of carbonyl (C=O) groups is 2. The van der Waals surface area contributed by atoms with Crippen molar-refractivity contribution in [2.75, 3.05) is 6.54 Å². The molecule has 0 spiro atoms. The number of amides is 1. The fourth-order valence-electron chi connectivity index (χ4n) is 7.76. The number of carboxylic acids is 1. The quantitative estimate of drug-likeness (QED) is 0.388. The molecule has 6 heteroatoms. The van der Waals surface area contributed by atoms with Crippen LogP contribution in [-0.4, -0.2) is 46.6 Å². The summed E-state index contributed by atoms with van der Waals surface area (Å²) < 4.78 is 0. The topological polar surface area (TPSA) is 66.4 Å². The molecule has 4 bridgehead atoms. The Morgan fingerprint density at radius 2 is 1.05 bits per heavy atom. The van der Waals surface area contributed by atoms with Crippen LogP contribution in [0.5, 0.6) is 0 Å². The Balaban J connectivity index is 0.000000271. The number of hydrogen-bond donors (Lipinski definition) is 2. The van der Waals surface area contributed by atoms with E-state index in [9.17, 15) is 9.59 Å². The second-order valence-corrected chi connectivity index (χ2v) is 16.7. The molecule has 2 N–H and O–H groups in total. The van der Waals surface area contributed by atoms with Crippen LogP contribution in [0.1, 0.15) is 134 Å². The summed E-state index contributed by atoms with van der Waals surface area (Å²) in [6, 6.07) is 0. The van der Waals surface area contributed by atoms with Crippen LogP contribution in [0.4, 0.5) is 0 Å². The SMILES string of the molecule is C.C1C23CC12C3.CC(=O)NCC12CC(C(C)(C)C)(C1)C2.CC(C)(C)C12CC(C(=O)O)(C1)C2.C[C-](C)C.[Cl-].[Mg+2]. The molecule has 0 heterocycles. The van der Waals surface area contributed by atoms with E-state index in [-0.39, 0.29) is 54.2 Å². The Morgan fingerprint density at radius 1 is 0.763 bits per heavy atom. The molecule has 216 valence electrons. The molecule has 1 amide bonds. The molecule has 38 heavy (non-hydrogen) atoms. The molecule has 4 nitrogen and oxygen atoms in total. The van der Waals surface area contributed by atoms with E-state index in [2.05, 4.69) is 67.6 Å². The fourth-order valence-corrected chi connectivity index (χ4v) is 7.76. The zero-order chi connectivity index (χ0) is 26.5. The van der Waals surface area contributed by atoms with Crippen LogP contribution in [-0.2, 0) is 9.59 Å². The van der Waals surface area contributed by atoms with Crippen molar-refractivity contribution in [1.82, 2.24) is 5.32 Å². The average Bonchev–Trinajstić information content (AvgIpc) is 3.28. The number of nitrogens with one attached hydrogen (secondary N) is 1. The van der Waals surface area contributed by atoms with Crippen LogP contribution in [0.2, 0.25) is 0 Å². The van der Waals surface area contributed by atoms with Gasteiger partial charge in [-0.1, -0.05) is 49.0 Å². The molecular weight excluding hydrogens is 506 g/mol. The Bertz CT molecular complexity index is 839. The maximum atomic E-state index is 10.8. The predicted octanol–water partition coefficient (Wildman–Crippen LogP) is 4.68. The van der Waals surface area contributed by atoms with Crippen LogP contribution < -0.4 is 17.7 Å². The Kier molecular flexibility index (Phi) is 9.83. The van der Waals surface area contributed by atoms with Gasteiger partial charge in [-0.2, -0.15) is 20.8 Å². The van der Waals surface area contributed by atoms with E-state index in [1.165, 1.54) is 25.2 Å². The van der Waals surface area contributed by atoms with Crippen molar-refractivity contribution in [3.8, 4) is 0 Å². The number of halogens is 1. The third kappa shape index (κ3) is 5.83. The van der Waals surface area contributed by atoms with Crippen molar-refractivity contribution in [2.24, 2.45) is 43.3 Å². The summed E-state index contributed by atoms with van der Waals surface area (Å²) in [7, 11) is 0. The summed E-state index contributed by atoms with van der Waals surface area (Å²) in [5.74, 6) is 0.952. The Hall–Kier alpha value is -0.00377. The van der Waals surface area contributed by atoms with Gasteiger partial charge in [0.2, 0.25) is 5.91 Å². The number of carboxylic acid groups (broad SMARTS) is 1. The summed E-state index contributed by atoms with van der Waals surface area (Å²) in [5.41, 5.74) is 4.03. The van der Waals surface area contributed by atoms with Crippen molar-refractivity contribution < 1.29 is 27.1 Å². The van der Waals surface area contributed by atoms with E-state index in [0.717, 1.165) is 36.6 Å². The smallest absolute Gasteiger partial charge is 1.00 e. The van der Waals surface area contributed by atoms with E-state index < -0.39 is 5.97 Å². The molecule has 0 atom stereocenters. The third-order valence-corrected chi connectivity index (χ3v) is 11.3. The number of carbonyl (C=O) groups excluding carboxylic acids is 1. The van der Waals surface area contributed by atoms with Gasteiger partial charge in [0.25, 0.3) is 0 Å². The van der Waals surface area contributed by atoms with Crippen molar-refractivity contribution in [3.05, 3.63) is 5.92 Å². The number of hydrogen-bond acceptors (Lipinski definition) is 2. The van der Waals surface area contributed by atoms with Crippen molar-refractivity contribution in [2.45, 2.75) is 134 Å². The molecular formula is C32H56ClMgNO3. The Morgan fingerprint density at radius 3 is 1.26 bits per heavy atom. The van der Waals surface area contributed by atoms with E-state index in [1.54, 1.807) is 26.2 Å². The van der Waals surface area contributed by atoms with Gasteiger partial charge in [0.15, 0.2) is 0 Å². The van der Waals surface area contributed by atoms with Gasteiger partial charge >= 0.3 is 29.0 Å². The van der Waals surface area contributed by atoms with Gasteiger partial charge in [-0.3, -0.25) is 9.59 Å². The van der Waals surface area contributed by atoms with Crippen molar-refractivity contribution in [3.63, 3.8) is 0 Å². The summed E-state index contributed by atoms with van der Waals surface area (Å²) >= 11 is 0. The first-order valence-corrected chi connectivity index (χ1v) is 14.0. The van der Waals surface area contributed by atoms with E-state index >= 15 is 0 Å². The van der Waals surface area contributed by atoms with Crippen LogP contribution in [0.15, 0.2) is 0 Å². The molecule has 0 aromatic rings. The first-order chi connectivity index (χ1) is 15.7. The Labute approximate surface area is 256 Å². The van der Waals surface area contributed by atoms with Crippen molar-refractivity contribution in [1.29, 1.82) is 0 Å². The zero-order valence-electron chi connectivity index (χ0n) is 25.4. The van der Waals surface area contributed by atoms with Gasteiger partial charge < -0.3 is 28.7 Å². The van der Waals surface area contributed by atoms with E-state index in [1.807, 2.05) is 0 Å². The summed E-state index contributed by atoms with van der Waals surface area (Å²) in [6.07, 6.45) is 11.6. The molecule has 0 radical (unpaired) electrons. The molecule has 9 fully saturated rings. The fraction of sp³-hybridized carbons (Fsp3) is 0.906. The summed E-state index contributed by atoms with van der Waals surface area (Å²) in [5, 5.41) is 11.9. The molecule has 0 saturated heterocycles. The first-order valence-electron chi connectivity index (χ1n) is 14.0. The number of aliphatic carboxylic acids is 1. The van der Waals surface area contributed by atoms with E-state index in [4.69, 9.17) is 5.11 Å². The van der Waals surface area contributed by atoms with Gasteiger partial charge in [0.1, 0.15) is 0 Å². The average molecular weight is 563 g/mol.